The average Bonchev–Trinajstić information content (AvgIpc) is 3.51. The van der Waals surface area contributed by atoms with E-state index in [1.54, 1.807) is 0 Å². The van der Waals surface area contributed by atoms with Crippen LogP contribution in [0.25, 0.3) is 0 Å². The summed E-state index contributed by atoms with van der Waals surface area (Å²) in [6, 6.07) is -0.239. The van der Waals surface area contributed by atoms with Crippen LogP contribution >= 0.6 is 11.3 Å². The number of carbonyl (C=O) groups is 5. The second-order valence-corrected chi connectivity index (χ2v) is 11.9. The second kappa shape index (κ2) is 11.0. The lowest BCUT2D eigenvalue weighted by molar-refractivity contribution is -0.174. The topological polar surface area (TPSA) is 208 Å². The van der Waals surface area contributed by atoms with Crippen molar-refractivity contribution in [2.24, 2.45) is 23.3 Å². The molecule has 2 aliphatic carbocycles. The number of fused-ring (bicyclic) bond motifs is 1. The summed E-state index contributed by atoms with van der Waals surface area (Å²) >= 11 is 0.920. The molecule has 2 saturated carbocycles. The maximum atomic E-state index is 14.3. The number of likely N-dealkylation sites (tertiary alicyclic amines) is 1. The number of thiophene rings is 1. The van der Waals surface area contributed by atoms with Crippen LogP contribution in [0.4, 0.5) is 0 Å². The van der Waals surface area contributed by atoms with Gasteiger partial charge in [0.25, 0.3) is 11.8 Å². The molecule has 0 bridgehead atoms. The molecule has 7 N–H and O–H groups in total. The second-order valence-electron chi connectivity index (χ2n) is 10.8. The van der Waals surface area contributed by atoms with E-state index in [1.165, 1.54) is 22.8 Å². The van der Waals surface area contributed by atoms with Gasteiger partial charge in [-0.1, -0.05) is 12.8 Å². The van der Waals surface area contributed by atoms with Crippen molar-refractivity contribution in [1.29, 1.82) is 5.41 Å². The zero-order chi connectivity index (χ0) is 28.6. The molecular weight excluding hydrogens is 526 g/mol. The summed E-state index contributed by atoms with van der Waals surface area (Å²) in [5.74, 6) is -4.98. The van der Waals surface area contributed by atoms with Crippen LogP contribution in [0, 0.1) is 17.2 Å². The molecule has 3 fully saturated rings. The molecule has 39 heavy (non-hydrogen) atoms. The average molecular weight is 562 g/mol. The van der Waals surface area contributed by atoms with Gasteiger partial charge in [0.05, 0.1) is 27.3 Å². The lowest BCUT2D eigenvalue weighted by atomic mass is 9.52. The minimum atomic E-state index is -1.04. The van der Waals surface area contributed by atoms with E-state index in [1.807, 2.05) is 0 Å². The van der Waals surface area contributed by atoms with Crippen molar-refractivity contribution in [3.63, 3.8) is 0 Å². The summed E-state index contributed by atoms with van der Waals surface area (Å²) in [4.78, 5) is 67.5. The van der Waals surface area contributed by atoms with Crippen LogP contribution in [0.1, 0.15) is 78.4 Å². The highest BCUT2D eigenvalue weighted by Gasteiger charge is 2.63. The molecule has 212 valence electrons. The van der Waals surface area contributed by atoms with Gasteiger partial charge in [0.15, 0.2) is 0 Å². The quantitative estimate of drug-likeness (QED) is 0.167. The number of hydrogen-bond acceptors (Lipinski definition) is 8. The number of nitrogens with zero attached hydrogens (tertiary/aromatic N) is 2. The number of amides is 3. The number of nitrogens with one attached hydrogen (secondary N) is 1. The Morgan fingerprint density at radius 2 is 1.92 bits per heavy atom. The van der Waals surface area contributed by atoms with Crippen molar-refractivity contribution in [3.05, 3.63) is 21.4 Å². The SMILES string of the molecule is C[C@H](N)C(=O)N1CCC[C@H]1C(=O)N(C(=O)c1cc(CCC(=O)O)c(C(=N)N)s1)C12CCCCC1C(C(=O)O)C2. The molecule has 1 saturated heterocycles. The molecule has 1 aromatic rings. The zero-order valence-corrected chi connectivity index (χ0v) is 22.7. The molecule has 1 aliphatic heterocycles. The third kappa shape index (κ3) is 5.17. The van der Waals surface area contributed by atoms with E-state index in [0.29, 0.717) is 37.8 Å². The van der Waals surface area contributed by atoms with Crippen LogP contribution in [0.2, 0.25) is 0 Å². The van der Waals surface area contributed by atoms with Crippen molar-refractivity contribution in [2.75, 3.05) is 6.54 Å². The van der Waals surface area contributed by atoms with E-state index >= 15 is 0 Å². The molecule has 13 heteroatoms. The molecule has 1 aromatic heterocycles. The summed E-state index contributed by atoms with van der Waals surface area (Å²) in [5, 5.41) is 26.9. The monoisotopic (exact) mass is 561 g/mol. The molecule has 5 atom stereocenters. The lowest BCUT2D eigenvalue weighted by Gasteiger charge is -2.60. The number of nitrogens with two attached hydrogens (primary N) is 2. The number of imide groups is 1. The lowest BCUT2D eigenvalue weighted by Crippen LogP contribution is -2.71. The van der Waals surface area contributed by atoms with Crippen LogP contribution < -0.4 is 11.5 Å². The summed E-state index contributed by atoms with van der Waals surface area (Å²) in [7, 11) is 0. The van der Waals surface area contributed by atoms with Crippen LogP contribution in [-0.2, 0) is 25.6 Å². The molecular formula is C26H35N5O7S. The van der Waals surface area contributed by atoms with Crippen molar-refractivity contribution in [1.82, 2.24) is 9.80 Å². The first kappa shape index (κ1) is 28.7. The highest BCUT2D eigenvalue weighted by Crippen LogP contribution is 2.57. The maximum absolute atomic E-state index is 14.3. The number of carbonyl (C=O) groups excluding carboxylic acids is 3. The number of rotatable bonds is 9. The Morgan fingerprint density at radius 3 is 2.54 bits per heavy atom. The Morgan fingerprint density at radius 1 is 1.21 bits per heavy atom. The predicted molar refractivity (Wildman–Crippen MR) is 141 cm³/mol. The molecule has 2 heterocycles. The number of amidine groups is 1. The van der Waals surface area contributed by atoms with Gasteiger partial charge in [-0.25, -0.2) is 0 Å². The third-order valence-corrected chi connectivity index (χ3v) is 9.59. The van der Waals surface area contributed by atoms with Crippen molar-refractivity contribution in [3.8, 4) is 0 Å². The van der Waals surface area contributed by atoms with Gasteiger partial charge < -0.3 is 26.6 Å². The minimum Gasteiger partial charge on any atom is -0.481 e. The van der Waals surface area contributed by atoms with Crippen LogP contribution in [0.15, 0.2) is 6.07 Å². The molecule has 3 aliphatic rings. The minimum absolute atomic E-state index is 0.0517. The van der Waals surface area contributed by atoms with E-state index in [9.17, 15) is 29.1 Å². The van der Waals surface area contributed by atoms with Crippen LogP contribution in [0.3, 0.4) is 0 Å². The van der Waals surface area contributed by atoms with Crippen molar-refractivity contribution in [2.45, 2.75) is 82.3 Å². The Balaban J connectivity index is 1.77. The highest BCUT2D eigenvalue weighted by molar-refractivity contribution is 7.16. The number of carboxylic acid groups (broad SMARTS) is 2. The number of aryl methyl sites for hydroxylation is 1. The predicted octanol–water partition coefficient (Wildman–Crippen LogP) is 1.39. The molecule has 0 aromatic carbocycles. The first-order valence-electron chi connectivity index (χ1n) is 13.2. The largest absolute Gasteiger partial charge is 0.481 e. The summed E-state index contributed by atoms with van der Waals surface area (Å²) in [5.41, 5.74) is 11.0. The Labute approximate surface area is 229 Å². The normalized spacial score (nSPS) is 26.7. The van der Waals surface area contributed by atoms with E-state index in [4.69, 9.17) is 22.0 Å². The number of nitrogen functional groups attached to an aromatic ring is 1. The van der Waals surface area contributed by atoms with Crippen LogP contribution in [0.5, 0.6) is 0 Å². The summed E-state index contributed by atoms with van der Waals surface area (Å²) < 4.78 is 0. The number of hydrogen-bond donors (Lipinski definition) is 5. The number of aliphatic carboxylic acids is 2. The van der Waals surface area contributed by atoms with Gasteiger partial charge >= 0.3 is 11.9 Å². The van der Waals surface area contributed by atoms with Crippen LogP contribution in [-0.4, -0.2) is 79.7 Å². The molecule has 3 unspecified atom stereocenters. The fraction of sp³-hybridized carbons (Fsp3) is 0.615. The Bertz CT molecular complexity index is 1210. The van der Waals surface area contributed by atoms with Crippen molar-refractivity contribution < 1.29 is 34.2 Å². The molecule has 3 amide bonds. The summed E-state index contributed by atoms with van der Waals surface area (Å²) in [6.45, 7) is 1.87. The summed E-state index contributed by atoms with van der Waals surface area (Å²) in [6.07, 6.45) is 3.42. The zero-order valence-electron chi connectivity index (χ0n) is 21.9. The van der Waals surface area contributed by atoms with E-state index < -0.39 is 53.2 Å². The highest BCUT2D eigenvalue weighted by atomic mass is 32.1. The molecule has 4 rings (SSSR count). The maximum Gasteiger partial charge on any atom is 0.306 e. The van der Waals surface area contributed by atoms with Gasteiger partial charge in [0, 0.05) is 13.0 Å². The Hall–Kier alpha value is -3.32. The van der Waals surface area contributed by atoms with Gasteiger partial charge in [-0.15, -0.1) is 11.3 Å². The Kier molecular flexibility index (Phi) is 8.12. The first-order valence-corrected chi connectivity index (χ1v) is 14.1. The van der Waals surface area contributed by atoms with Gasteiger partial charge in [-0.05, 0) is 63.0 Å². The van der Waals surface area contributed by atoms with E-state index in [0.717, 1.165) is 24.2 Å². The third-order valence-electron chi connectivity index (χ3n) is 8.39. The van der Waals surface area contributed by atoms with Crippen molar-refractivity contribution >= 4 is 46.8 Å². The fourth-order valence-electron chi connectivity index (χ4n) is 6.59. The molecule has 0 radical (unpaired) electrons. The fourth-order valence-corrected chi connectivity index (χ4v) is 7.59. The molecule has 12 nitrogen and oxygen atoms in total. The first-order chi connectivity index (χ1) is 18.4. The van der Waals surface area contributed by atoms with Gasteiger partial charge in [0.1, 0.15) is 11.9 Å². The molecule has 0 spiro atoms. The van der Waals surface area contributed by atoms with Gasteiger partial charge in [0.2, 0.25) is 5.91 Å². The van der Waals surface area contributed by atoms with E-state index in [2.05, 4.69) is 0 Å². The standard InChI is InChI=1S/C26H35N5O7S/c1-13(27)22(34)30-10-4-6-17(30)23(35)31(26-9-3-2-5-16(26)15(12-26)25(37)38)24(36)18-11-14(7-8-19(32)33)20(39-18)21(28)29/h11,13,15-17H,2-10,12,27H2,1H3,(H3,28,29)(H,32,33)(H,37,38)/t13-,15?,16?,17-,26?/m0/s1. The number of carboxylic acids is 2. The van der Waals surface area contributed by atoms with Gasteiger partial charge in [-0.3, -0.25) is 34.3 Å². The smallest absolute Gasteiger partial charge is 0.306 e. The van der Waals surface area contributed by atoms with E-state index in [-0.39, 0.29) is 40.8 Å². The van der Waals surface area contributed by atoms with Gasteiger partial charge in [-0.2, -0.15) is 0 Å².